The molecule has 0 aromatic rings. The van der Waals surface area contributed by atoms with Crippen molar-refractivity contribution in [1.29, 1.82) is 0 Å². The van der Waals surface area contributed by atoms with E-state index in [1.807, 2.05) is 27.7 Å². The van der Waals surface area contributed by atoms with Crippen LogP contribution in [0.15, 0.2) is 0 Å². The molecular weight excluding hydrogens is 961 g/mol. The van der Waals surface area contributed by atoms with Crippen molar-refractivity contribution in [2.24, 2.45) is 0 Å². The van der Waals surface area contributed by atoms with Gasteiger partial charge < -0.3 is 95.4 Å². The van der Waals surface area contributed by atoms with Crippen LogP contribution in [-0.2, 0) is 75.8 Å². The molecular formula is C54H112N4O16. The Morgan fingerprint density at radius 3 is 0.500 bits per heavy atom. The number of ether oxygens (including phenoxy) is 16. The molecule has 0 saturated carbocycles. The molecule has 0 aliphatic carbocycles. The molecule has 20 nitrogen and oxygen atoms in total. The predicted octanol–water partition coefficient (Wildman–Crippen LogP) is 3.89. The van der Waals surface area contributed by atoms with Gasteiger partial charge in [0.1, 0.15) is 0 Å². The average molecular weight is 1070 g/mol. The van der Waals surface area contributed by atoms with E-state index in [1.54, 1.807) is 0 Å². The summed E-state index contributed by atoms with van der Waals surface area (Å²) in [6.45, 7) is 40.0. The zero-order valence-electron chi connectivity index (χ0n) is 47.7. The number of hydrogen-bond donors (Lipinski definition) is 0. The fourth-order valence-corrected chi connectivity index (χ4v) is 7.72. The molecule has 0 spiro atoms. The van der Waals surface area contributed by atoms with Crippen LogP contribution in [0.3, 0.4) is 0 Å². The van der Waals surface area contributed by atoms with E-state index in [-0.39, 0.29) is 0 Å². The highest BCUT2D eigenvalue weighted by molar-refractivity contribution is 4.71. The van der Waals surface area contributed by atoms with E-state index in [0.717, 1.165) is 143 Å². The molecule has 1 aliphatic heterocycles. The van der Waals surface area contributed by atoms with E-state index in [9.17, 15) is 0 Å². The average Bonchev–Trinajstić information content (AvgIpc) is 3.41. The maximum absolute atomic E-state index is 6.00. The van der Waals surface area contributed by atoms with Gasteiger partial charge in [-0.3, -0.25) is 0 Å². The lowest BCUT2D eigenvalue weighted by Crippen LogP contribution is -2.42. The van der Waals surface area contributed by atoms with Crippen LogP contribution in [0.4, 0.5) is 0 Å². The molecule has 74 heavy (non-hydrogen) atoms. The fourth-order valence-electron chi connectivity index (χ4n) is 7.72. The summed E-state index contributed by atoms with van der Waals surface area (Å²) in [6, 6.07) is 0. The highest BCUT2D eigenvalue weighted by Gasteiger charge is 2.15. The third-order valence-electron chi connectivity index (χ3n) is 11.7. The monoisotopic (exact) mass is 1070 g/mol. The largest absolute Gasteiger partial charge is 0.379 e. The first-order valence-corrected chi connectivity index (χ1v) is 28.9. The second-order valence-corrected chi connectivity index (χ2v) is 17.6. The van der Waals surface area contributed by atoms with E-state index in [0.29, 0.717) is 185 Å². The SMILES string of the molecule is CCOCCOCCOCCOCCCN1CCCN(CCCOCCOCCOCCOCC)CCN(CCCOCCOCCOCCOCC)CCCN(CCCOCCOCCOCCOCC)CC1. The van der Waals surface area contributed by atoms with Gasteiger partial charge in [-0.2, -0.15) is 0 Å². The van der Waals surface area contributed by atoms with Crippen molar-refractivity contribution in [1.82, 2.24) is 19.6 Å². The van der Waals surface area contributed by atoms with Gasteiger partial charge in [0.25, 0.3) is 0 Å². The number of nitrogens with zero attached hydrogens (tertiary/aromatic N) is 4. The van der Waals surface area contributed by atoms with Gasteiger partial charge in [0, 0.05) is 105 Å². The lowest BCUT2D eigenvalue weighted by atomic mass is 10.2. The van der Waals surface area contributed by atoms with Crippen LogP contribution in [-0.4, -0.2) is 310 Å². The molecule has 0 atom stereocenters. The Morgan fingerprint density at radius 2 is 0.338 bits per heavy atom. The quantitative estimate of drug-likeness (QED) is 0.0807. The first-order chi connectivity index (χ1) is 36.7. The minimum Gasteiger partial charge on any atom is -0.379 e. The van der Waals surface area contributed by atoms with Gasteiger partial charge in [0.15, 0.2) is 0 Å². The van der Waals surface area contributed by atoms with Crippen LogP contribution in [0.25, 0.3) is 0 Å². The maximum Gasteiger partial charge on any atom is 0.0701 e. The van der Waals surface area contributed by atoms with E-state index in [1.165, 1.54) is 0 Å². The number of hydrogen-bond acceptors (Lipinski definition) is 20. The Kier molecular flexibility index (Phi) is 59.1. The summed E-state index contributed by atoms with van der Waals surface area (Å²) in [7, 11) is 0. The molecule has 1 saturated heterocycles. The summed E-state index contributed by atoms with van der Waals surface area (Å²) in [5.41, 5.74) is 0. The molecule has 1 heterocycles. The molecule has 1 rings (SSSR count). The Hall–Kier alpha value is -0.800. The van der Waals surface area contributed by atoms with Crippen LogP contribution < -0.4 is 0 Å². The van der Waals surface area contributed by atoms with Crippen molar-refractivity contribution in [2.45, 2.75) is 66.2 Å². The van der Waals surface area contributed by atoms with E-state index >= 15 is 0 Å². The molecule has 444 valence electrons. The number of rotatable bonds is 56. The summed E-state index contributed by atoms with van der Waals surface area (Å²) >= 11 is 0. The molecule has 20 heteroatoms. The van der Waals surface area contributed by atoms with Crippen molar-refractivity contribution in [3.63, 3.8) is 0 Å². The molecule has 0 radical (unpaired) electrons. The second kappa shape index (κ2) is 61.4. The lowest BCUT2D eigenvalue weighted by Gasteiger charge is -2.32. The Morgan fingerprint density at radius 1 is 0.189 bits per heavy atom. The van der Waals surface area contributed by atoms with Crippen LogP contribution in [0.2, 0.25) is 0 Å². The summed E-state index contributed by atoms with van der Waals surface area (Å²) in [6.07, 6.45) is 6.14. The van der Waals surface area contributed by atoms with Gasteiger partial charge >= 0.3 is 0 Å². The van der Waals surface area contributed by atoms with E-state index in [2.05, 4.69) is 19.6 Å². The minimum absolute atomic E-state index is 0.565. The lowest BCUT2D eigenvalue weighted by molar-refractivity contribution is -0.00198. The molecule has 0 N–H and O–H groups in total. The molecule has 1 aliphatic rings. The first-order valence-electron chi connectivity index (χ1n) is 28.9. The second-order valence-electron chi connectivity index (χ2n) is 17.6. The highest BCUT2D eigenvalue weighted by atomic mass is 16.6. The molecule has 0 unspecified atom stereocenters. The van der Waals surface area contributed by atoms with Gasteiger partial charge in [-0.25, -0.2) is 0 Å². The topological polar surface area (TPSA) is 161 Å². The minimum atomic E-state index is 0.565. The molecule has 0 aromatic carbocycles. The van der Waals surface area contributed by atoms with Crippen LogP contribution >= 0.6 is 0 Å². The summed E-state index contributed by atoms with van der Waals surface area (Å²) in [4.78, 5) is 10.6. The zero-order chi connectivity index (χ0) is 53.0. The smallest absolute Gasteiger partial charge is 0.0701 e. The van der Waals surface area contributed by atoms with Crippen molar-refractivity contribution in [2.75, 3.05) is 290 Å². The Balaban J connectivity index is 2.75. The Labute approximate surface area is 450 Å². The van der Waals surface area contributed by atoms with Gasteiger partial charge in [0.05, 0.1) is 159 Å². The van der Waals surface area contributed by atoms with Crippen LogP contribution in [0.5, 0.6) is 0 Å². The highest BCUT2D eigenvalue weighted by Crippen LogP contribution is 2.07. The van der Waals surface area contributed by atoms with E-state index in [4.69, 9.17) is 75.8 Å². The van der Waals surface area contributed by atoms with Crippen LogP contribution in [0, 0.1) is 0 Å². The first kappa shape index (κ1) is 71.2. The standard InChI is InChI=1S/C54H112N4O16/c1-5-59-31-35-67-47-51-71-43-39-63-27-11-19-55-15-9-16-57(21-13-29-65-41-45-73-53-49-69-37-33-61-7-3)25-26-58(22-14-30-66-42-46-74-54-50-70-38-34-62-8-4)18-10-17-56(24-23-55)20-12-28-64-40-44-72-52-48-68-36-32-60-6-2/h5-54H2,1-4H3. The maximum atomic E-state index is 6.00. The normalized spacial score (nSPS) is 15.4. The van der Waals surface area contributed by atoms with Crippen molar-refractivity contribution < 1.29 is 75.8 Å². The molecule has 0 bridgehead atoms. The summed E-state index contributed by atoms with van der Waals surface area (Å²) in [5.74, 6) is 0. The molecule has 0 aromatic heterocycles. The zero-order valence-corrected chi connectivity index (χ0v) is 47.7. The van der Waals surface area contributed by atoms with Crippen molar-refractivity contribution >= 4 is 0 Å². The fraction of sp³-hybridized carbons (Fsp3) is 1.00. The summed E-state index contributed by atoms with van der Waals surface area (Å²) < 4.78 is 90.3. The molecule has 1 fully saturated rings. The Bertz CT molecular complexity index is 903. The molecule has 0 amide bonds. The van der Waals surface area contributed by atoms with Crippen molar-refractivity contribution in [3.8, 4) is 0 Å². The van der Waals surface area contributed by atoms with Gasteiger partial charge in [0.2, 0.25) is 0 Å². The van der Waals surface area contributed by atoms with Crippen molar-refractivity contribution in [3.05, 3.63) is 0 Å². The summed E-state index contributed by atoms with van der Waals surface area (Å²) in [5, 5.41) is 0. The van der Waals surface area contributed by atoms with Crippen LogP contribution in [0.1, 0.15) is 66.2 Å². The van der Waals surface area contributed by atoms with E-state index < -0.39 is 0 Å². The predicted molar refractivity (Wildman–Crippen MR) is 289 cm³/mol. The third kappa shape index (κ3) is 53.2. The third-order valence-corrected chi connectivity index (χ3v) is 11.7. The van der Waals surface area contributed by atoms with Gasteiger partial charge in [-0.15, -0.1) is 0 Å². The van der Waals surface area contributed by atoms with Gasteiger partial charge in [-0.1, -0.05) is 0 Å². The van der Waals surface area contributed by atoms with Gasteiger partial charge in [-0.05, 0) is 92.4 Å².